The highest BCUT2D eigenvalue weighted by molar-refractivity contribution is 7.91. The van der Waals surface area contributed by atoms with Gasteiger partial charge in [-0.25, -0.2) is 35.8 Å². The number of nitrogen functional groups attached to an aromatic ring is 2. The van der Waals surface area contributed by atoms with E-state index in [2.05, 4.69) is 10.2 Å². The Hall–Kier alpha value is -5.12. The molecule has 0 amide bonds. The van der Waals surface area contributed by atoms with E-state index in [0.717, 1.165) is 16.8 Å². The number of carbonyl (C=O) groups is 2. The summed E-state index contributed by atoms with van der Waals surface area (Å²) in [7, 11) is -8.76. The smallest absolute Gasteiger partial charge is 0.416 e. The molecule has 2 aromatic heterocycles. The van der Waals surface area contributed by atoms with Gasteiger partial charge >= 0.3 is 24.3 Å². The minimum atomic E-state index is -4.95. The first kappa shape index (κ1) is 39.7. The molecule has 0 saturated heterocycles. The van der Waals surface area contributed by atoms with Gasteiger partial charge < -0.3 is 20.9 Å². The quantitative estimate of drug-likeness (QED) is 0.155. The molecule has 4 rings (SSSR count). The SMILES string of the molecule is CCOC(=O)c1c(OC(=O)c2c(CC)nn(-c3ccc(C(F)(F)F)cc3S(=O)(=O)CC)c2N)nn(-c2ccc(C(F)(F)F)cc2S(=O)(=O)CC)c1N. The van der Waals surface area contributed by atoms with E-state index in [1.54, 1.807) is 0 Å². The molecule has 0 spiro atoms. The highest BCUT2D eigenvalue weighted by Crippen LogP contribution is 2.38. The van der Waals surface area contributed by atoms with Crippen LogP contribution < -0.4 is 16.2 Å². The second-order valence-electron chi connectivity index (χ2n) is 10.7. The highest BCUT2D eigenvalue weighted by atomic mass is 32.2. The fourth-order valence-electron chi connectivity index (χ4n) is 4.87. The van der Waals surface area contributed by atoms with Crippen LogP contribution in [-0.4, -0.2) is 66.4 Å². The standard InChI is InChI=1S/C30H30F6N6O8S2/c1-5-17-22(24(37)41(39-17)18-11-9-15(29(31,32)33)13-20(18)51(45,46)7-3)28(44)50-26-23(27(43)49-6-2)25(38)42(40-26)19-12-10-16(30(34,35)36)14-21(19)52(47,48)8-4/h9-14H,5-8,37-38H2,1-4H3. The molecule has 0 unspecified atom stereocenters. The molecule has 0 aliphatic carbocycles. The molecule has 0 aliphatic rings. The first-order chi connectivity index (χ1) is 24.0. The van der Waals surface area contributed by atoms with Crippen LogP contribution in [0.1, 0.15) is 65.2 Å². The predicted octanol–water partition coefficient (Wildman–Crippen LogP) is 4.81. The molecule has 0 aliphatic heterocycles. The number of aryl methyl sites for hydroxylation is 1. The van der Waals surface area contributed by atoms with Gasteiger partial charge in [-0.05, 0) is 49.7 Å². The predicted molar refractivity (Wildman–Crippen MR) is 172 cm³/mol. The molecule has 2 heterocycles. The fourth-order valence-corrected chi connectivity index (χ4v) is 7.05. The van der Waals surface area contributed by atoms with Gasteiger partial charge in [0.15, 0.2) is 25.2 Å². The molecule has 14 nitrogen and oxygen atoms in total. The van der Waals surface area contributed by atoms with Crippen molar-refractivity contribution >= 4 is 43.2 Å². The highest BCUT2D eigenvalue weighted by Gasteiger charge is 2.37. The molecule has 2 aromatic carbocycles. The number of alkyl halides is 6. The summed E-state index contributed by atoms with van der Waals surface area (Å²) in [5.74, 6) is -6.10. The van der Waals surface area contributed by atoms with Crippen molar-refractivity contribution in [3.8, 4) is 17.3 Å². The number of aromatic nitrogens is 4. The van der Waals surface area contributed by atoms with Crippen LogP contribution in [0.5, 0.6) is 5.88 Å². The van der Waals surface area contributed by atoms with Gasteiger partial charge in [0.1, 0.15) is 17.2 Å². The third kappa shape index (κ3) is 7.43. The Morgan fingerprint density at radius 2 is 1.15 bits per heavy atom. The minimum Gasteiger partial charge on any atom is -0.462 e. The lowest BCUT2D eigenvalue weighted by Gasteiger charge is -2.14. The number of ether oxygens (including phenoxy) is 2. The van der Waals surface area contributed by atoms with Crippen molar-refractivity contribution < 1.29 is 62.2 Å². The van der Waals surface area contributed by atoms with Gasteiger partial charge in [-0.3, -0.25) is 0 Å². The number of esters is 2. The third-order valence-corrected chi connectivity index (χ3v) is 11.1. The number of hydrogen-bond acceptors (Lipinski definition) is 12. The Balaban J connectivity index is 1.92. The molecule has 282 valence electrons. The summed E-state index contributed by atoms with van der Waals surface area (Å²) in [5.41, 5.74) is 7.37. The van der Waals surface area contributed by atoms with E-state index in [0.29, 0.717) is 28.9 Å². The number of benzene rings is 2. The van der Waals surface area contributed by atoms with Crippen molar-refractivity contribution in [1.29, 1.82) is 0 Å². The van der Waals surface area contributed by atoms with Crippen LogP contribution in [0.25, 0.3) is 11.4 Å². The molecule has 4 aromatic rings. The minimum absolute atomic E-state index is 0.0801. The molecular weight excluding hydrogens is 750 g/mol. The molecule has 0 atom stereocenters. The van der Waals surface area contributed by atoms with Gasteiger partial charge in [0.05, 0.1) is 56.1 Å². The summed E-state index contributed by atoms with van der Waals surface area (Å²) in [4.78, 5) is 25.1. The summed E-state index contributed by atoms with van der Waals surface area (Å²) in [6, 6.07) is 3.41. The number of sulfone groups is 2. The zero-order valence-corrected chi connectivity index (χ0v) is 29.2. The van der Waals surface area contributed by atoms with Gasteiger partial charge in [0.25, 0.3) is 5.88 Å². The van der Waals surface area contributed by atoms with Crippen LogP contribution in [0.4, 0.5) is 38.0 Å². The second-order valence-corrected chi connectivity index (χ2v) is 15.2. The molecule has 4 N–H and O–H groups in total. The summed E-state index contributed by atoms with van der Waals surface area (Å²) >= 11 is 0. The molecule has 0 fully saturated rings. The first-order valence-electron chi connectivity index (χ1n) is 15.1. The monoisotopic (exact) mass is 780 g/mol. The summed E-state index contributed by atoms with van der Waals surface area (Å²) in [6.45, 7) is 5.02. The van der Waals surface area contributed by atoms with E-state index in [1.165, 1.54) is 27.7 Å². The Bertz CT molecular complexity index is 2280. The average Bonchev–Trinajstić information content (AvgIpc) is 3.58. The maximum atomic E-state index is 13.7. The van der Waals surface area contributed by atoms with Crippen LogP contribution in [0.2, 0.25) is 0 Å². The molecule has 22 heteroatoms. The number of hydrogen-bond donors (Lipinski definition) is 2. The molecule has 0 saturated carbocycles. The van der Waals surface area contributed by atoms with Crippen molar-refractivity contribution in [2.24, 2.45) is 0 Å². The van der Waals surface area contributed by atoms with Crippen molar-refractivity contribution in [3.05, 3.63) is 64.3 Å². The van der Waals surface area contributed by atoms with Crippen molar-refractivity contribution in [1.82, 2.24) is 19.6 Å². The number of anilines is 2. The van der Waals surface area contributed by atoms with E-state index in [9.17, 15) is 52.8 Å². The molecule has 52 heavy (non-hydrogen) atoms. The largest absolute Gasteiger partial charge is 0.462 e. The van der Waals surface area contributed by atoms with Crippen LogP contribution in [-0.2, 0) is 43.2 Å². The maximum Gasteiger partial charge on any atom is 0.416 e. The first-order valence-corrected chi connectivity index (χ1v) is 18.4. The van der Waals surface area contributed by atoms with Crippen molar-refractivity contribution in [3.63, 3.8) is 0 Å². The lowest BCUT2D eigenvalue weighted by molar-refractivity contribution is -0.138. The van der Waals surface area contributed by atoms with Crippen molar-refractivity contribution in [2.75, 3.05) is 29.6 Å². The lowest BCUT2D eigenvalue weighted by Crippen LogP contribution is -2.16. The molecule has 0 radical (unpaired) electrons. The summed E-state index contributed by atoms with van der Waals surface area (Å²) < 4.78 is 145. The van der Waals surface area contributed by atoms with Gasteiger partial charge in [-0.1, -0.05) is 20.8 Å². The molecule has 0 bridgehead atoms. The van der Waals surface area contributed by atoms with E-state index in [4.69, 9.17) is 20.9 Å². The van der Waals surface area contributed by atoms with Crippen LogP contribution in [0, 0.1) is 0 Å². The van der Waals surface area contributed by atoms with Gasteiger partial charge in [-0.2, -0.15) is 31.4 Å². The number of rotatable bonds is 11. The van der Waals surface area contributed by atoms with Crippen LogP contribution in [0.15, 0.2) is 46.2 Å². The van der Waals surface area contributed by atoms with Gasteiger partial charge in [0.2, 0.25) is 0 Å². The topological polar surface area (TPSA) is 209 Å². The average molecular weight is 781 g/mol. The van der Waals surface area contributed by atoms with E-state index in [1.807, 2.05) is 0 Å². The summed E-state index contributed by atoms with van der Waals surface area (Å²) in [5, 5.41) is 8.08. The van der Waals surface area contributed by atoms with Crippen LogP contribution >= 0.6 is 0 Å². The van der Waals surface area contributed by atoms with Gasteiger partial charge in [0, 0.05) is 0 Å². The van der Waals surface area contributed by atoms with E-state index >= 15 is 0 Å². The van der Waals surface area contributed by atoms with E-state index < -0.39 is 116 Å². The number of nitrogens with zero attached hydrogens (tertiary/aromatic N) is 4. The van der Waals surface area contributed by atoms with Gasteiger partial charge in [-0.15, -0.1) is 5.10 Å². The Morgan fingerprint density at radius 1 is 0.712 bits per heavy atom. The normalized spacial score (nSPS) is 12.6. The lowest BCUT2D eigenvalue weighted by atomic mass is 10.2. The Kier molecular flexibility index (Phi) is 10.8. The second kappa shape index (κ2) is 14.1. The Labute approximate surface area is 292 Å². The number of halogens is 6. The molecular formula is C30H30F6N6O8S2. The van der Waals surface area contributed by atoms with Crippen molar-refractivity contribution in [2.45, 2.75) is 56.3 Å². The van der Waals surface area contributed by atoms with Crippen LogP contribution in [0.3, 0.4) is 0 Å². The maximum absolute atomic E-state index is 13.7. The third-order valence-electron chi connectivity index (χ3n) is 7.55. The number of nitrogens with two attached hydrogens (primary N) is 2. The zero-order chi connectivity index (χ0) is 39.1. The number of carbonyl (C=O) groups excluding carboxylic acids is 2. The summed E-state index contributed by atoms with van der Waals surface area (Å²) in [6.07, 6.45) is -9.95. The van der Waals surface area contributed by atoms with E-state index in [-0.39, 0.29) is 18.7 Å². The Morgan fingerprint density at radius 3 is 1.56 bits per heavy atom. The fraction of sp³-hybridized carbons (Fsp3) is 0.333. The zero-order valence-electron chi connectivity index (χ0n) is 27.6.